The molecule has 1 aromatic rings. The van der Waals surface area contributed by atoms with Crippen LogP contribution in [0.15, 0.2) is 18.2 Å². The van der Waals surface area contributed by atoms with E-state index in [0.717, 1.165) is 16.6 Å². The highest BCUT2D eigenvalue weighted by molar-refractivity contribution is 14.1. The maximum atomic E-state index is 11.8. The van der Waals surface area contributed by atoms with Gasteiger partial charge < -0.3 is 10.1 Å². The summed E-state index contributed by atoms with van der Waals surface area (Å²) in [6.45, 7) is 6.11. The number of halogens is 2. The first kappa shape index (κ1) is 16.7. The fraction of sp³-hybridized carbons (Fsp3) is 0.500. The van der Waals surface area contributed by atoms with Gasteiger partial charge in [-0.3, -0.25) is 4.79 Å². The lowest BCUT2D eigenvalue weighted by Crippen LogP contribution is -2.27. The molecule has 1 N–H and O–H groups in total. The van der Waals surface area contributed by atoms with Crippen molar-refractivity contribution in [2.45, 2.75) is 20.3 Å². The van der Waals surface area contributed by atoms with Gasteiger partial charge in [0.25, 0.3) is 5.91 Å². The van der Waals surface area contributed by atoms with Crippen LogP contribution in [0, 0.1) is 9.49 Å². The van der Waals surface area contributed by atoms with Gasteiger partial charge in [-0.05, 0) is 53.1 Å². The van der Waals surface area contributed by atoms with Crippen molar-refractivity contribution >= 4 is 40.1 Å². The standard InChI is InChI=1S/C14H19ClINO2/c1-10(2)5-7-19-8-6-17-14(18)11-3-4-13(16)12(15)9-11/h3-4,9-10H,5-8H2,1-2H3,(H,17,18). The van der Waals surface area contributed by atoms with Crippen LogP contribution < -0.4 is 5.32 Å². The zero-order valence-electron chi connectivity index (χ0n) is 11.2. The Kier molecular flexibility index (Phi) is 7.71. The first-order chi connectivity index (χ1) is 9.00. The molecule has 1 rings (SSSR count). The Labute approximate surface area is 133 Å². The van der Waals surface area contributed by atoms with Gasteiger partial charge in [0, 0.05) is 22.3 Å². The molecule has 0 spiro atoms. The van der Waals surface area contributed by atoms with Crippen molar-refractivity contribution in [2.75, 3.05) is 19.8 Å². The lowest BCUT2D eigenvalue weighted by Gasteiger charge is -2.08. The predicted molar refractivity (Wildman–Crippen MR) is 86.8 cm³/mol. The van der Waals surface area contributed by atoms with Gasteiger partial charge in [0.05, 0.1) is 11.6 Å². The predicted octanol–water partition coefficient (Wildman–Crippen LogP) is 3.74. The lowest BCUT2D eigenvalue weighted by atomic mass is 10.1. The van der Waals surface area contributed by atoms with Crippen molar-refractivity contribution < 1.29 is 9.53 Å². The van der Waals surface area contributed by atoms with E-state index >= 15 is 0 Å². The van der Waals surface area contributed by atoms with Crippen LogP contribution in [0.4, 0.5) is 0 Å². The number of carbonyl (C=O) groups excluding carboxylic acids is 1. The zero-order chi connectivity index (χ0) is 14.3. The summed E-state index contributed by atoms with van der Waals surface area (Å²) >= 11 is 8.11. The summed E-state index contributed by atoms with van der Waals surface area (Å²) in [5.41, 5.74) is 0.576. The van der Waals surface area contributed by atoms with Gasteiger partial charge in [-0.1, -0.05) is 25.4 Å². The molecule has 106 valence electrons. The molecule has 0 aliphatic heterocycles. The highest BCUT2D eigenvalue weighted by Gasteiger charge is 2.07. The van der Waals surface area contributed by atoms with E-state index in [2.05, 4.69) is 41.8 Å². The summed E-state index contributed by atoms with van der Waals surface area (Å²) in [7, 11) is 0. The lowest BCUT2D eigenvalue weighted by molar-refractivity contribution is 0.0906. The second kappa shape index (κ2) is 8.76. The topological polar surface area (TPSA) is 38.3 Å². The molecule has 19 heavy (non-hydrogen) atoms. The number of nitrogens with one attached hydrogen (secondary N) is 1. The number of amides is 1. The van der Waals surface area contributed by atoms with Gasteiger partial charge in [-0.15, -0.1) is 0 Å². The van der Waals surface area contributed by atoms with E-state index in [1.807, 2.05) is 6.07 Å². The Bertz CT molecular complexity index is 424. The van der Waals surface area contributed by atoms with Gasteiger partial charge in [-0.25, -0.2) is 0 Å². The van der Waals surface area contributed by atoms with E-state index in [1.54, 1.807) is 12.1 Å². The second-order valence-corrected chi connectivity index (χ2v) is 6.25. The molecule has 0 bridgehead atoms. The van der Waals surface area contributed by atoms with Gasteiger partial charge in [0.1, 0.15) is 0 Å². The van der Waals surface area contributed by atoms with Crippen LogP contribution in [0.3, 0.4) is 0 Å². The third-order valence-electron chi connectivity index (χ3n) is 2.55. The van der Waals surface area contributed by atoms with Crippen molar-refractivity contribution in [3.63, 3.8) is 0 Å². The molecule has 0 radical (unpaired) electrons. The number of ether oxygens (including phenoxy) is 1. The summed E-state index contributed by atoms with van der Waals surface area (Å²) in [6, 6.07) is 5.28. The molecule has 3 nitrogen and oxygen atoms in total. The normalized spacial score (nSPS) is 10.8. The number of rotatable bonds is 7. The monoisotopic (exact) mass is 395 g/mol. The van der Waals surface area contributed by atoms with Gasteiger partial charge >= 0.3 is 0 Å². The number of hydrogen-bond donors (Lipinski definition) is 1. The Morgan fingerprint density at radius 3 is 2.79 bits per heavy atom. The van der Waals surface area contributed by atoms with Gasteiger partial charge in [0.15, 0.2) is 0 Å². The van der Waals surface area contributed by atoms with Crippen molar-refractivity contribution in [1.82, 2.24) is 5.32 Å². The fourth-order valence-corrected chi connectivity index (χ4v) is 1.91. The number of benzene rings is 1. The summed E-state index contributed by atoms with van der Waals surface area (Å²) in [4.78, 5) is 11.8. The van der Waals surface area contributed by atoms with Gasteiger partial charge in [-0.2, -0.15) is 0 Å². The van der Waals surface area contributed by atoms with Crippen LogP contribution in [-0.4, -0.2) is 25.7 Å². The Morgan fingerprint density at radius 1 is 1.42 bits per heavy atom. The molecule has 1 amide bonds. The number of carbonyl (C=O) groups is 1. The largest absolute Gasteiger partial charge is 0.380 e. The van der Waals surface area contributed by atoms with Crippen LogP contribution in [0.2, 0.25) is 5.02 Å². The first-order valence-corrected chi connectivity index (χ1v) is 7.77. The third kappa shape index (κ3) is 6.58. The minimum atomic E-state index is -0.120. The van der Waals surface area contributed by atoms with E-state index < -0.39 is 0 Å². The highest BCUT2D eigenvalue weighted by Crippen LogP contribution is 2.19. The minimum Gasteiger partial charge on any atom is -0.380 e. The Balaban J connectivity index is 2.26. The van der Waals surface area contributed by atoms with E-state index in [0.29, 0.717) is 29.7 Å². The molecule has 0 atom stereocenters. The fourth-order valence-electron chi connectivity index (χ4n) is 1.40. The number of hydrogen-bond acceptors (Lipinski definition) is 2. The van der Waals surface area contributed by atoms with Gasteiger partial charge in [0.2, 0.25) is 0 Å². The van der Waals surface area contributed by atoms with E-state index in [-0.39, 0.29) is 5.91 Å². The first-order valence-electron chi connectivity index (χ1n) is 6.31. The molecule has 0 aromatic heterocycles. The van der Waals surface area contributed by atoms with E-state index in [9.17, 15) is 4.79 Å². The van der Waals surface area contributed by atoms with Crippen molar-refractivity contribution in [1.29, 1.82) is 0 Å². The SMILES string of the molecule is CC(C)CCOCCNC(=O)c1ccc(I)c(Cl)c1. The average molecular weight is 396 g/mol. The second-order valence-electron chi connectivity index (χ2n) is 4.68. The molecule has 0 saturated heterocycles. The average Bonchev–Trinajstić information content (AvgIpc) is 2.36. The van der Waals surface area contributed by atoms with Crippen molar-refractivity contribution in [3.8, 4) is 0 Å². The Morgan fingerprint density at radius 2 is 2.16 bits per heavy atom. The van der Waals surface area contributed by atoms with E-state index in [4.69, 9.17) is 16.3 Å². The molecule has 0 unspecified atom stereocenters. The Hall–Kier alpha value is -0.330. The summed E-state index contributed by atoms with van der Waals surface area (Å²) in [5, 5.41) is 3.41. The minimum absolute atomic E-state index is 0.120. The molecule has 0 aliphatic carbocycles. The van der Waals surface area contributed by atoms with Crippen molar-refractivity contribution in [3.05, 3.63) is 32.4 Å². The van der Waals surface area contributed by atoms with Crippen LogP contribution in [-0.2, 0) is 4.74 Å². The molecule has 5 heteroatoms. The maximum absolute atomic E-state index is 11.8. The summed E-state index contributed by atoms with van der Waals surface area (Å²) in [6.07, 6.45) is 1.04. The molecule has 0 aliphatic rings. The molecular formula is C14H19ClINO2. The maximum Gasteiger partial charge on any atom is 0.251 e. The quantitative estimate of drug-likeness (QED) is 0.564. The van der Waals surface area contributed by atoms with Crippen LogP contribution in [0.1, 0.15) is 30.6 Å². The molecule has 1 aromatic carbocycles. The van der Waals surface area contributed by atoms with Crippen LogP contribution in [0.5, 0.6) is 0 Å². The summed E-state index contributed by atoms with van der Waals surface area (Å²) < 4.78 is 6.37. The van der Waals surface area contributed by atoms with Crippen LogP contribution in [0.25, 0.3) is 0 Å². The van der Waals surface area contributed by atoms with E-state index in [1.165, 1.54) is 0 Å². The highest BCUT2D eigenvalue weighted by atomic mass is 127. The molecule has 0 saturated carbocycles. The van der Waals surface area contributed by atoms with Crippen LogP contribution >= 0.6 is 34.2 Å². The molecule has 0 fully saturated rings. The smallest absolute Gasteiger partial charge is 0.251 e. The molecule has 0 heterocycles. The summed E-state index contributed by atoms with van der Waals surface area (Å²) in [5.74, 6) is 0.522. The third-order valence-corrected chi connectivity index (χ3v) is 4.13. The molecular weight excluding hydrogens is 377 g/mol. The van der Waals surface area contributed by atoms with Crippen molar-refractivity contribution in [2.24, 2.45) is 5.92 Å². The zero-order valence-corrected chi connectivity index (χ0v) is 14.1.